The van der Waals surface area contributed by atoms with Gasteiger partial charge >= 0.3 is 6.09 Å². The molecule has 3 aliphatic heterocycles. The number of ether oxygens (including phenoxy) is 2. The molecule has 0 radical (unpaired) electrons. The van der Waals surface area contributed by atoms with Crippen LogP contribution >= 0.6 is 23.2 Å². The third-order valence-corrected chi connectivity index (χ3v) is 10.3. The standard InChI is InChI=1S/C32H40Cl2N8O4/c1-31(2,3)46-30(44)36-32(4)15-17-10-11-18(16-32)41(17)29-35-27-23(28(43)39(29)5)25(38-42(27)21-9-7-8-14-45-21)19-12-13-20-22(24(19)33)26(34)40(6)37-20/h12-13,17-18,21H,7-11,14-16H2,1-6H3,(H,36,44)/t17-,18+,21?,32+. The van der Waals surface area contributed by atoms with Gasteiger partial charge < -0.3 is 19.7 Å². The van der Waals surface area contributed by atoms with E-state index in [1.807, 2.05) is 32.9 Å². The second-order valence-corrected chi connectivity index (χ2v) is 14.9. The Morgan fingerprint density at radius 3 is 2.43 bits per heavy atom. The first kappa shape index (κ1) is 31.3. The Morgan fingerprint density at radius 2 is 1.78 bits per heavy atom. The van der Waals surface area contributed by atoms with Gasteiger partial charge in [0.1, 0.15) is 21.8 Å². The third kappa shape index (κ3) is 5.22. The normalized spacial score (nSPS) is 25.0. The van der Waals surface area contributed by atoms with E-state index in [4.69, 9.17) is 42.8 Å². The minimum atomic E-state index is -0.582. The highest BCUT2D eigenvalue weighted by Gasteiger charge is 2.48. The zero-order chi connectivity index (χ0) is 32.7. The second kappa shape index (κ2) is 11.1. The summed E-state index contributed by atoms with van der Waals surface area (Å²) in [5.41, 5.74) is 0.896. The van der Waals surface area contributed by atoms with E-state index in [2.05, 4.69) is 22.2 Å². The van der Waals surface area contributed by atoms with Crippen LogP contribution in [0, 0.1) is 0 Å². The molecule has 14 heteroatoms. The summed E-state index contributed by atoms with van der Waals surface area (Å²) in [6.07, 6.45) is 5.21. The van der Waals surface area contributed by atoms with Crippen LogP contribution in [0.15, 0.2) is 16.9 Å². The molecule has 1 unspecified atom stereocenters. The number of carbonyl (C=O) groups is 1. The first-order valence-electron chi connectivity index (χ1n) is 16.0. The van der Waals surface area contributed by atoms with Gasteiger partial charge in [0, 0.05) is 43.9 Å². The number of hydrogen-bond acceptors (Lipinski definition) is 8. The lowest BCUT2D eigenvalue weighted by Gasteiger charge is -2.45. The van der Waals surface area contributed by atoms with Crippen LogP contribution in [0.2, 0.25) is 10.2 Å². The minimum absolute atomic E-state index is 0.0839. The number of aryl methyl sites for hydroxylation is 1. The molecule has 7 rings (SSSR count). The van der Waals surface area contributed by atoms with E-state index < -0.39 is 17.2 Å². The number of benzene rings is 1. The van der Waals surface area contributed by atoms with E-state index >= 15 is 0 Å². The first-order chi connectivity index (χ1) is 21.7. The molecular formula is C32H40Cl2N8O4. The summed E-state index contributed by atoms with van der Waals surface area (Å²) in [6.45, 7) is 8.26. The molecule has 2 bridgehead atoms. The van der Waals surface area contributed by atoms with Gasteiger partial charge in [0.25, 0.3) is 5.56 Å². The molecule has 246 valence electrons. The Hall–Kier alpha value is -3.35. The van der Waals surface area contributed by atoms with Crippen molar-refractivity contribution in [1.29, 1.82) is 0 Å². The number of carbonyl (C=O) groups excluding carboxylic acids is 1. The molecule has 6 heterocycles. The van der Waals surface area contributed by atoms with Crippen LogP contribution in [0.4, 0.5) is 10.7 Å². The fourth-order valence-electron chi connectivity index (χ4n) is 7.55. The molecule has 46 heavy (non-hydrogen) atoms. The van der Waals surface area contributed by atoms with Crippen molar-refractivity contribution in [2.45, 2.75) is 102 Å². The quantitative estimate of drug-likeness (QED) is 0.276. The molecule has 0 spiro atoms. The van der Waals surface area contributed by atoms with Crippen molar-refractivity contribution < 1.29 is 14.3 Å². The highest BCUT2D eigenvalue weighted by atomic mass is 35.5. The third-order valence-electron chi connectivity index (χ3n) is 9.49. The number of halogens is 2. The molecule has 3 aliphatic rings. The Morgan fingerprint density at radius 1 is 1.07 bits per heavy atom. The van der Waals surface area contributed by atoms with Crippen LogP contribution in [0.5, 0.6) is 0 Å². The van der Waals surface area contributed by atoms with Gasteiger partial charge in [-0.25, -0.2) is 9.48 Å². The van der Waals surface area contributed by atoms with E-state index in [-0.39, 0.29) is 23.9 Å². The molecule has 3 fully saturated rings. The van der Waals surface area contributed by atoms with E-state index in [1.165, 1.54) is 0 Å². The molecule has 3 aromatic heterocycles. The average Bonchev–Trinajstić information content (AvgIpc) is 3.59. The Balaban J connectivity index is 1.33. The van der Waals surface area contributed by atoms with Crippen molar-refractivity contribution in [2.24, 2.45) is 14.1 Å². The number of anilines is 1. The van der Waals surface area contributed by atoms with Gasteiger partial charge in [-0.15, -0.1) is 0 Å². The lowest BCUT2D eigenvalue weighted by molar-refractivity contribution is -0.0368. The predicted octanol–water partition coefficient (Wildman–Crippen LogP) is 6.10. The van der Waals surface area contributed by atoms with Gasteiger partial charge in [-0.05, 0) is 84.8 Å². The van der Waals surface area contributed by atoms with Crippen LogP contribution < -0.4 is 15.8 Å². The SMILES string of the molecule is Cn1nc2ccc(-c3nn(C4CCCCO4)c4nc(N5[C@@H]6CC[C@H]5C[C@@](C)(NC(=O)OC(C)(C)C)C6)n(C)c(=O)c34)c(Cl)c2c1Cl. The molecule has 12 nitrogen and oxygen atoms in total. The molecule has 0 saturated carbocycles. The van der Waals surface area contributed by atoms with Crippen molar-refractivity contribution in [3.63, 3.8) is 0 Å². The fraction of sp³-hybridized carbons (Fsp3) is 0.594. The van der Waals surface area contributed by atoms with Crippen molar-refractivity contribution in [3.8, 4) is 11.3 Å². The molecule has 1 N–H and O–H groups in total. The van der Waals surface area contributed by atoms with Crippen molar-refractivity contribution >= 4 is 57.2 Å². The minimum Gasteiger partial charge on any atom is -0.444 e. The highest BCUT2D eigenvalue weighted by Crippen LogP contribution is 2.44. The number of nitrogens with one attached hydrogen (secondary N) is 1. The highest BCUT2D eigenvalue weighted by molar-refractivity contribution is 6.43. The number of alkyl carbamates (subject to hydrolysis) is 1. The second-order valence-electron chi connectivity index (χ2n) is 14.2. The molecule has 0 aliphatic carbocycles. The zero-order valence-corrected chi connectivity index (χ0v) is 28.6. The molecule has 3 saturated heterocycles. The molecule has 1 amide bonds. The first-order valence-corrected chi connectivity index (χ1v) is 16.7. The summed E-state index contributed by atoms with van der Waals surface area (Å²) in [6, 6.07) is 3.84. The lowest BCUT2D eigenvalue weighted by Crippen LogP contribution is -2.59. The van der Waals surface area contributed by atoms with Gasteiger partial charge in [0.15, 0.2) is 11.9 Å². The number of nitrogens with zero attached hydrogens (tertiary/aromatic N) is 7. The topological polar surface area (TPSA) is 121 Å². The number of fused-ring (bicyclic) bond motifs is 4. The van der Waals surface area contributed by atoms with Crippen LogP contribution in [0.3, 0.4) is 0 Å². The molecule has 4 atom stereocenters. The van der Waals surface area contributed by atoms with Crippen LogP contribution in [-0.2, 0) is 23.6 Å². The maximum absolute atomic E-state index is 14.4. The molecule has 1 aromatic carbocycles. The largest absolute Gasteiger partial charge is 0.444 e. The van der Waals surface area contributed by atoms with Crippen molar-refractivity contribution in [1.82, 2.24) is 34.4 Å². The summed E-state index contributed by atoms with van der Waals surface area (Å²) in [5.74, 6) is 0.588. The summed E-state index contributed by atoms with van der Waals surface area (Å²) < 4.78 is 16.7. The number of piperidine rings is 1. The summed E-state index contributed by atoms with van der Waals surface area (Å²) in [4.78, 5) is 34.6. The van der Waals surface area contributed by atoms with E-state index in [0.717, 1.165) is 32.1 Å². The monoisotopic (exact) mass is 670 g/mol. The van der Waals surface area contributed by atoms with E-state index in [0.29, 0.717) is 68.8 Å². The maximum atomic E-state index is 14.4. The summed E-state index contributed by atoms with van der Waals surface area (Å²) in [5, 5.41) is 14.4. The van der Waals surface area contributed by atoms with Crippen molar-refractivity contribution in [3.05, 3.63) is 32.7 Å². The number of rotatable bonds is 4. The van der Waals surface area contributed by atoms with Gasteiger partial charge in [-0.3, -0.25) is 14.0 Å². The van der Waals surface area contributed by atoms with E-state index in [1.54, 1.807) is 28.0 Å². The van der Waals surface area contributed by atoms with Gasteiger partial charge in [-0.1, -0.05) is 23.2 Å². The van der Waals surface area contributed by atoms with Crippen LogP contribution in [0.1, 0.15) is 78.9 Å². The Bertz CT molecular complexity index is 1910. The molecular weight excluding hydrogens is 631 g/mol. The predicted molar refractivity (Wildman–Crippen MR) is 178 cm³/mol. The fourth-order valence-corrected chi connectivity index (χ4v) is 8.17. The average molecular weight is 672 g/mol. The smallest absolute Gasteiger partial charge is 0.408 e. The van der Waals surface area contributed by atoms with Crippen LogP contribution in [-0.4, -0.2) is 65.0 Å². The Labute approximate surface area is 276 Å². The molecule has 4 aromatic rings. The van der Waals surface area contributed by atoms with Gasteiger partial charge in [0.2, 0.25) is 5.95 Å². The summed E-state index contributed by atoms with van der Waals surface area (Å²) in [7, 11) is 3.52. The maximum Gasteiger partial charge on any atom is 0.408 e. The number of amides is 1. The van der Waals surface area contributed by atoms with Gasteiger partial charge in [0.05, 0.1) is 15.9 Å². The van der Waals surface area contributed by atoms with Crippen molar-refractivity contribution in [2.75, 3.05) is 11.5 Å². The summed E-state index contributed by atoms with van der Waals surface area (Å²) >= 11 is 13.6. The van der Waals surface area contributed by atoms with Crippen LogP contribution in [0.25, 0.3) is 33.2 Å². The van der Waals surface area contributed by atoms with E-state index in [9.17, 15) is 9.59 Å². The number of hydrogen-bond donors (Lipinski definition) is 1. The zero-order valence-electron chi connectivity index (χ0n) is 27.1. The Kier molecular flexibility index (Phi) is 7.56. The van der Waals surface area contributed by atoms with Gasteiger partial charge in [-0.2, -0.15) is 15.2 Å². The lowest BCUT2D eigenvalue weighted by atomic mass is 9.84. The number of aromatic nitrogens is 6.